The Kier molecular flexibility index (Phi) is 3.48. The average molecular weight is 393 g/mol. The van der Waals surface area contributed by atoms with Crippen molar-refractivity contribution in [3.63, 3.8) is 0 Å². The quantitative estimate of drug-likeness (QED) is 0.200. The monoisotopic (exact) mass is 392 g/mol. The molecule has 0 aliphatic heterocycles. The number of rotatable bonds is 2. The first kappa shape index (κ1) is 17.6. The van der Waals surface area contributed by atoms with Crippen molar-refractivity contribution in [2.24, 2.45) is 13.0 Å². The number of aryl methyl sites for hydroxylation is 3. The van der Waals surface area contributed by atoms with Crippen LogP contribution in [0.4, 0.5) is 0 Å². The third kappa shape index (κ3) is 2.15. The molecule has 0 saturated carbocycles. The van der Waals surface area contributed by atoms with E-state index in [-0.39, 0.29) is 0 Å². The summed E-state index contributed by atoms with van der Waals surface area (Å²) in [5.74, 6) is 0.620. The maximum Gasteiger partial charge on any atom is 0.224 e. The molecule has 0 saturated heterocycles. The van der Waals surface area contributed by atoms with Crippen molar-refractivity contribution < 1.29 is 4.57 Å². The van der Waals surface area contributed by atoms with E-state index < -0.39 is 0 Å². The van der Waals surface area contributed by atoms with E-state index in [1.807, 2.05) is 6.20 Å². The van der Waals surface area contributed by atoms with Gasteiger partial charge in [-0.05, 0) is 72.5 Å². The predicted molar refractivity (Wildman–Crippen MR) is 126 cm³/mol. The van der Waals surface area contributed by atoms with Crippen LogP contribution in [0.15, 0.2) is 48.8 Å². The summed E-state index contributed by atoms with van der Waals surface area (Å²) in [6.45, 7) is 9.07. The topological polar surface area (TPSA) is 21.2 Å². The van der Waals surface area contributed by atoms with Crippen molar-refractivity contribution in [1.29, 1.82) is 0 Å². The average Bonchev–Trinajstić information content (AvgIpc) is 3.04. The van der Waals surface area contributed by atoms with E-state index in [0.29, 0.717) is 5.92 Å². The molecule has 0 aliphatic rings. The van der Waals surface area contributed by atoms with Gasteiger partial charge in [0, 0.05) is 23.0 Å². The van der Waals surface area contributed by atoms with Crippen molar-refractivity contribution >= 4 is 49.1 Å². The van der Waals surface area contributed by atoms with Crippen LogP contribution in [-0.2, 0) is 13.5 Å². The molecule has 0 spiro atoms. The van der Waals surface area contributed by atoms with Crippen LogP contribution in [0.2, 0.25) is 0 Å². The first-order valence-electron chi connectivity index (χ1n) is 10.8. The van der Waals surface area contributed by atoms with Gasteiger partial charge in [-0.15, -0.1) is 0 Å². The van der Waals surface area contributed by atoms with Gasteiger partial charge in [0.25, 0.3) is 0 Å². The highest BCUT2D eigenvalue weighted by Gasteiger charge is 2.25. The van der Waals surface area contributed by atoms with Crippen LogP contribution in [0, 0.1) is 19.8 Å². The van der Waals surface area contributed by atoms with Crippen LogP contribution >= 0.6 is 0 Å². The Balaban J connectivity index is 2.02. The molecule has 0 fully saturated rings. The minimum Gasteiger partial charge on any atom is -0.292 e. The SMILES string of the molecule is Cc1cc2c3cccnc3n3c4cc(CC(C)C)cc5cc[n+](C)c(c(c1C)c23)c54. The normalized spacial score (nSPS) is 12.6. The highest BCUT2D eigenvalue weighted by molar-refractivity contribution is 6.25. The van der Waals surface area contributed by atoms with Crippen molar-refractivity contribution in [3.05, 3.63) is 65.5 Å². The third-order valence-electron chi connectivity index (χ3n) is 6.73. The van der Waals surface area contributed by atoms with Crippen molar-refractivity contribution in [3.8, 4) is 0 Å². The highest BCUT2D eigenvalue weighted by atomic mass is 15.0. The fourth-order valence-corrected chi connectivity index (χ4v) is 5.36. The van der Waals surface area contributed by atoms with Crippen LogP contribution in [0.3, 0.4) is 0 Å². The van der Waals surface area contributed by atoms with E-state index in [2.05, 4.69) is 86.3 Å². The predicted octanol–water partition coefficient (Wildman–Crippen LogP) is 6.02. The van der Waals surface area contributed by atoms with E-state index in [0.717, 1.165) is 12.1 Å². The Hall–Kier alpha value is -3.20. The summed E-state index contributed by atoms with van der Waals surface area (Å²) in [5.41, 5.74) is 9.02. The van der Waals surface area contributed by atoms with Gasteiger partial charge >= 0.3 is 0 Å². The van der Waals surface area contributed by atoms with Gasteiger partial charge < -0.3 is 0 Å². The van der Waals surface area contributed by atoms with Gasteiger partial charge in [-0.1, -0.05) is 19.9 Å². The Morgan fingerprint density at radius 2 is 1.87 bits per heavy atom. The Bertz CT molecular complexity index is 1620. The lowest BCUT2D eigenvalue weighted by molar-refractivity contribution is -0.643. The fourth-order valence-electron chi connectivity index (χ4n) is 5.36. The summed E-state index contributed by atoms with van der Waals surface area (Å²) in [6, 6.07) is 13.7. The second kappa shape index (κ2) is 5.91. The smallest absolute Gasteiger partial charge is 0.224 e. The van der Waals surface area contributed by atoms with Crippen LogP contribution < -0.4 is 4.57 Å². The highest BCUT2D eigenvalue weighted by Crippen LogP contribution is 2.41. The molecule has 0 aliphatic carbocycles. The van der Waals surface area contributed by atoms with Gasteiger partial charge in [0.2, 0.25) is 5.52 Å². The maximum absolute atomic E-state index is 4.85. The van der Waals surface area contributed by atoms with Crippen LogP contribution in [0.5, 0.6) is 0 Å². The Morgan fingerprint density at radius 1 is 1.03 bits per heavy atom. The van der Waals surface area contributed by atoms with E-state index in [9.17, 15) is 0 Å². The molecule has 6 aromatic rings. The van der Waals surface area contributed by atoms with E-state index in [4.69, 9.17) is 4.98 Å². The van der Waals surface area contributed by atoms with Crippen molar-refractivity contribution in [2.75, 3.05) is 0 Å². The molecular formula is C27H26N3+. The molecule has 6 rings (SSSR count). The maximum atomic E-state index is 4.85. The molecule has 3 nitrogen and oxygen atoms in total. The molecule has 0 amide bonds. The number of fused-ring (bicyclic) bond motifs is 5. The molecule has 0 atom stereocenters. The minimum absolute atomic E-state index is 0.620. The van der Waals surface area contributed by atoms with Gasteiger partial charge in [-0.25, -0.2) is 9.55 Å². The molecule has 4 aromatic heterocycles. The van der Waals surface area contributed by atoms with Gasteiger partial charge in [-0.2, -0.15) is 0 Å². The zero-order chi connectivity index (χ0) is 20.7. The van der Waals surface area contributed by atoms with Crippen molar-refractivity contribution in [1.82, 2.24) is 9.38 Å². The lowest BCUT2D eigenvalue weighted by Gasteiger charge is -2.15. The number of nitrogens with zero attached hydrogens (tertiary/aromatic N) is 3. The summed E-state index contributed by atoms with van der Waals surface area (Å²) in [5, 5.41) is 6.52. The lowest BCUT2D eigenvalue weighted by Crippen LogP contribution is -2.29. The van der Waals surface area contributed by atoms with Crippen LogP contribution in [-0.4, -0.2) is 9.38 Å². The molecule has 4 heterocycles. The van der Waals surface area contributed by atoms with Gasteiger partial charge in [0.15, 0.2) is 6.20 Å². The third-order valence-corrected chi connectivity index (χ3v) is 6.73. The molecule has 2 aromatic carbocycles. The van der Waals surface area contributed by atoms with Crippen LogP contribution in [0.25, 0.3) is 49.1 Å². The first-order valence-corrected chi connectivity index (χ1v) is 10.8. The zero-order valence-corrected chi connectivity index (χ0v) is 18.2. The molecule has 3 heteroatoms. The molecule has 0 N–H and O–H groups in total. The summed E-state index contributed by atoms with van der Waals surface area (Å²) in [7, 11) is 2.17. The molecule has 0 radical (unpaired) electrons. The summed E-state index contributed by atoms with van der Waals surface area (Å²) in [4.78, 5) is 4.85. The first-order chi connectivity index (χ1) is 14.5. The molecule has 0 bridgehead atoms. The van der Waals surface area contributed by atoms with Crippen LogP contribution in [0.1, 0.15) is 30.5 Å². The number of hydrogen-bond acceptors (Lipinski definition) is 1. The molecular weight excluding hydrogens is 366 g/mol. The largest absolute Gasteiger partial charge is 0.292 e. The number of pyridine rings is 3. The summed E-state index contributed by atoms with van der Waals surface area (Å²) >= 11 is 0. The minimum atomic E-state index is 0.620. The fraction of sp³-hybridized carbons (Fsp3) is 0.259. The van der Waals surface area contributed by atoms with E-state index >= 15 is 0 Å². The van der Waals surface area contributed by atoms with Gasteiger partial charge in [0.1, 0.15) is 12.7 Å². The molecule has 30 heavy (non-hydrogen) atoms. The Labute approximate surface area is 175 Å². The molecule has 0 unspecified atom stereocenters. The Morgan fingerprint density at radius 3 is 2.67 bits per heavy atom. The number of aromatic nitrogens is 3. The van der Waals surface area contributed by atoms with Gasteiger partial charge in [0.05, 0.1) is 21.8 Å². The standard InChI is InChI=1S/C27H26N3/c1-15(2)11-18-13-19-8-10-29(5)26-23-17(4)16(3)12-21-20-7-6-9-28-27(20)30(25(21)23)22(14-18)24(19)26/h6-10,12-15H,11H2,1-5H3/q+1. The summed E-state index contributed by atoms with van der Waals surface area (Å²) < 4.78 is 4.72. The lowest BCUT2D eigenvalue weighted by atomic mass is 9.94. The number of hydrogen-bond donors (Lipinski definition) is 0. The number of benzene rings is 2. The van der Waals surface area contributed by atoms with E-state index in [1.54, 1.807) is 0 Å². The second-order valence-corrected chi connectivity index (χ2v) is 9.25. The van der Waals surface area contributed by atoms with Gasteiger partial charge in [-0.3, -0.25) is 4.40 Å². The van der Waals surface area contributed by atoms with Crippen molar-refractivity contribution in [2.45, 2.75) is 34.1 Å². The summed E-state index contributed by atoms with van der Waals surface area (Å²) in [6.07, 6.45) is 5.21. The molecule has 148 valence electrons. The zero-order valence-electron chi connectivity index (χ0n) is 18.2. The second-order valence-electron chi connectivity index (χ2n) is 9.25. The van der Waals surface area contributed by atoms with E-state index in [1.165, 1.54) is 60.2 Å².